The van der Waals surface area contributed by atoms with E-state index in [4.69, 9.17) is 0 Å². The minimum Gasteiger partial charge on any atom is -0.308 e. The van der Waals surface area contributed by atoms with Crippen LogP contribution in [0.25, 0.3) is 0 Å². The molecule has 19 heavy (non-hydrogen) atoms. The largest absolute Gasteiger partial charge is 0.308 e. The zero-order valence-electron chi connectivity index (χ0n) is 12.5. The lowest BCUT2D eigenvalue weighted by Crippen LogP contribution is -2.46. The van der Waals surface area contributed by atoms with Gasteiger partial charge in [-0.1, -0.05) is 6.92 Å². The van der Waals surface area contributed by atoms with Crippen LogP contribution in [0.2, 0.25) is 0 Å². The SMILES string of the molecule is CCc1ccc(C(C)NCCN2CCN(C)CC2)s1. The fourth-order valence-corrected chi connectivity index (χ4v) is 3.41. The fraction of sp³-hybridized carbons (Fsp3) is 0.733. The zero-order chi connectivity index (χ0) is 13.7. The Bertz CT molecular complexity index is 369. The number of nitrogens with zero attached hydrogens (tertiary/aromatic N) is 2. The van der Waals surface area contributed by atoms with Crippen molar-refractivity contribution in [2.75, 3.05) is 46.3 Å². The van der Waals surface area contributed by atoms with Crippen LogP contribution in [0.1, 0.15) is 29.6 Å². The molecule has 1 aliphatic heterocycles. The van der Waals surface area contributed by atoms with Gasteiger partial charge in [-0.15, -0.1) is 11.3 Å². The van der Waals surface area contributed by atoms with E-state index in [1.165, 1.54) is 42.5 Å². The van der Waals surface area contributed by atoms with Crippen molar-refractivity contribution in [3.63, 3.8) is 0 Å². The monoisotopic (exact) mass is 281 g/mol. The van der Waals surface area contributed by atoms with Crippen molar-refractivity contribution in [1.29, 1.82) is 0 Å². The van der Waals surface area contributed by atoms with Crippen LogP contribution in [0.5, 0.6) is 0 Å². The van der Waals surface area contributed by atoms with E-state index in [2.05, 4.69) is 48.1 Å². The molecule has 3 nitrogen and oxygen atoms in total. The molecule has 0 radical (unpaired) electrons. The van der Waals surface area contributed by atoms with Crippen molar-refractivity contribution >= 4 is 11.3 Å². The predicted molar refractivity (Wildman–Crippen MR) is 84.1 cm³/mol. The lowest BCUT2D eigenvalue weighted by molar-refractivity contribution is 0.154. The first-order valence-electron chi connectivity index (χ1n) is 7.42. The number of thiophene rings is 1. The molecule has 0 aromatic carbocycles. The maximum Gasteiger partial charge on any atom is 0.0386 e. The molecule has 1 N–H and O–H groups in total. The summed E-state index contributed by atoms with van der Waals surface area (Å²) in [7, 11) is 2.21. The van der Waals surface area contributed by atoms with Gasteiger partial charge in [0.25, 0.3) is 0 Å². The van der Waals surface area contributed by atoms with E-state index in [1.54, 1.807) is 0 Å². The predicted octanol–water partition coefficient (Wildman–Crippen LogP) is 2.21. The molecule has 2 heterocycles. The summed E-state index contributed by atoms with van der Waals surface area (Å²) in [5.41, 5.74) is 0. The van der Waals surface area contributed by atoms with Gasteiger partial charge < -0.3 is 10.2 Å². The van der Waals surface area contributed by atoms with Gasteiger partial charge in [-0.3, -0.25) is 4.90 Å². The van der Waals surface area contributed by atoms with Crippen LogP contribution in [0.15, 0.2) is 12.1 Å². The van der Waals surface area contributed by atoms with E-state index in [1.807, 2.05) is 11.3 Å². The highest BCUT2D eigenvalue weighted by atomic mass is 32.1. The average Bonchev–Trinajstić information content (AvgIpc) is 2.90. The third kappa shape index (κ3) is 4.56. The molecular weight excluding hydrogens is 254 g/mol. The third-order valence-corrected chi connectivity index (χ3v) is 5.34. The smallest absolute Gasteiger partial charge is 0.0386 e. The molecule has 0 spiro atoms. The summed E-state index contributed by atoms with van der Waals surface area (Å²) in [6.45, 7) is 11.6. The Morgan fingerprint density at radius 3 is 2.63 bits per heavy atom. The van der Waals surface area contributed by atoms with E-state index < -0.39 is 0 Å². The second kappa shape index (κ2) is 7.39. The molecule has 1 saturated heterocycles. The Morgan fingerprint density at radius 1 is 1.26 bits per heavy atom. The van der Waals surface area contributed by atoms with Gasteiger partial charge in [0.15, 0.2) is 0 Å². The zero-order valence-corrected chi connectivity index (χ0v) is 13.3. The third-order valence-electron chi connectivity index (χ3n) is 3.93. The molecule has 1 atom stereocenters. The minimum atomic E-state index is 0.484. The summed E-state index contributed by atoms with van der Waals surface area (Å²) in [5, 5.41) is 3.65. The number of nitrogens with one attached hydrogen (secondary N) is 1. The normalized spacial score (nSPS) is 19.7. The van der Waals surface area contributed by atoms with Gasteiger partial charge in [0.2, 0.25) is 0 Å². The van der Waals surface area contributed by atoms with Gasteiger partial charge in [0, 0.05) is 55.1 Å². The molecule has 1 aliphatic rings. The highest BCUT2D eigenvalue weighted by Crippen LogP contribution is 2.23. The lowest BCUT2D eigenvalue weighted by Gasteiger charge is -2.32. The van der Waals surface area contributed by atoms with E-state index >= 15 is 0 Å². The summed E-state index contributed by atoms with van der Waals surface area (Å²) in [5.74, 6) is 0. The summed E-state index contributed by atoms with van der Waals surface area (Å²) < 4.78 is 0. The number of hydrogen-bond acceptors (Lipinski definition) is 4. The first kappa shape index (κ1) is 15.0. The van der Waals surface area contributed by atoms with Crippen LogP contribution in [-0.4, -0.2) is 56.1 Å². The summed E-state index contributed by atoms with van der Waals surface area (Å²) >= 11 is 1.94. The summed E-state index contributed by atoms with van der Waals surface area (Å²) in [4.78, 5) is 7.92. The lowest BCUT2D eigenvalue weighted by atomic mass is 10.2. The Labute approximate surface area is 121 Å². The van der Waals surface area contributed by atoms with Gasteiger partial charge in [-0.25, -0.2) is 0 Å². The molecular formula is C15H27N3S. The van der Waals surface area contributed by atoms with Crippen molar-refractivity contribution in [2.45, 2.75) is 26.3 Å². The number of likely N-dealkylation sites (N-methyl/N-ethyl adjacent to an activating group) is 1. The van der Waals surface area contributed by atoms with E-state index in [-0.39, 0.29) is 0 Å². The molecule has 1 unspecified atom stereocenters. The first-order chi connectivity index (χ1) is 9.19. The number of rotatable bonds is 6. The standard InChI is InChI=1S/C15H27N3S/c1-4-14-5-6-15(19-14)13(2)16-7-8-18-11-9-17(3)10-12-18/h5-6,13,16H,4,7-12H2,1-3H3. The van der Waals surface area contributed by atoms with Gasteiger partial charge in [-0.2, -0.15) is 0 Å². The summed E-state index contributed by atoms with van der Waals surface area (Å²) in [6, 6.07) is 5.02. The molecule has 4 heteroatoms. The molecule has 0 bridgehead atoms. The van der Waals surface area contributed by atoms with E-state index in [0.29, 0.717) is 6.04 Å². The minimum absolute atomic E-state index is 0.484. The van der Waals surface area contributed by atoms with E-state index in [9.17, 15) is 0 Å². The number of hydrogen-bond donors (Lipinski definition) is 1. The molecule has 0 amide bonds. The van der Waals surface area contributed by atoms with Crippen LogP contribution in [-0.2, 0) is 6.42 Å². The molecule has 1 aromatic heterocycles. The van der Waals surface area contributed by atoms with E-state index in [0.717, 1.165) is 13.0 Å². The molecule has 0 saturated carbocycles. The number of aryl methyl sites for hydroxylation is 1. The van der Waals surface area contributed by atoms with Gasteiger partial charge in [0.1, 0.15) is 0 Å². The molecule has 108 valence electrons. The maximum absolute atomic E-state index is 3.65. The van der Waals surface area contributed by atoms with Crippen LogP contribution in [0.3, 0.4) is 0 Å². The van der Waals surface area contributed by atoms with Gasteiger partial charge >= 0.3 is 0 Å². The Balaban J connectivity index is 1.67. The van der Waals surface area contributed by atoms with Crippen LogP contribution in [0, 0.1) is 0 Å². The highest BCUT2D eigenvalue weighted by Gasteiger charge is 2.13. The van der Waals surface area contributed by atoms with Gasteiger partial charge in [-0.05, 0) is 32.5 Å². The number of piperazine rings is 1. The quantitative estimate of drug-likeness (QED) is 0.862. The van der Waals surface area contributed by atoms with Crippen LogP contribution >= 0.6 is 11.3 Å². The molecule has 1 aromatic rings. The summed E-state index contributed by atoms with van der Waals surface area (Å²) in [6.07, 6.45) is 1.15. The second-order valence-electron chi connectivity index (χ2n) is 5.48. The maximum atomic E-state index is 3.65. The van der Waals surface area contributed by atoms with Gasteiger partial charge in [0.05, 0.1) is 0 Å². The van der Waals surface area contributed by atoms with Crippen molar-refractivity contribution in [3.05, 3.63) is 21.9 Å². The Hall–Kier alpha value is -0.420. The Morgan fingerprint density at radius 2 is 2.00 bits per heavy atom. The van der Waals surface area contributed by atoms with Crippen molar-refractivity contribution < 1.29 is 0 Å². The molecule has 1 fully saturated rings. The average molecular weight is 281 g/mol. The van der Waals surface area contributed by atoms with Crippen molar-refractivity contribution in [2.24, 2.45) is 0 Å². The molecule has 0 aliphatic carbocycles. The van der Waals surface area contributed by atoms with Crippen LogP contribution < -0.4 is 5.32 Å². The topological polar surface area (TPSA) is 18.5 Å². The Kier molecular flexibility index (Phi) is 5.82. The van der Waals surface area contributed by atoms with Crippen molar-refractivity contribution in [3.8, 4) is 0 Å². The second-order valence-corrected chi connectivity index (χ2v) is 6.68. The first-order valence-corrected chi connectivity index (χ1v) is 8.23. The highest BCUT2D eigenvalue weighted by molar-refractivity contribution is 7.12. The molecule has 2 rings (SSSR count). The van der Waals surface area contributed by atoms with Crippen LogP contribution in [0.4, 0.5) is 0 Å². The van der Waals surface area contributed by atoms with Crippen molar-refractivity contribution in [1.82, 2.24) is 15.1 Å². The fourth-order valence-electron chi connectivity index (χ4n) is 2.43.